The third kappa shape index (κ3) is 4.49. The monoisotopic (exact) mass is 273 g/mol. The molecular weight excluding hydrogens is 250 g/mol. The lowest BCUT2D eigenvalue weighted by Gasteiger charge is -2.14. The average molecular weight is 273 g/mol. The molecule has 108 valence electrons. The summed E-state index contributed by atoms with van der Waals surface area (Å²) in [5.41, 5.74) is 0.749. The fourth-order valence-corrected chi connectivity index (χ4v) is 2.41. The molecule has 1 heterocycles. The summed E-state index contributed by atoms with van der Waals surface area (Å²) < 4.78 is 5.71. The normalized spacial score (nSPS) is 15.2. The van der Waals surface area contributed by atoms with Crippen molar-refractivity contribution in [3.8, 4) is 5.75 Å². The number of nitrogens with zero attached hydrogens (tertiary/aromatic N) is 1. The minimum Gasteiger partial charge on any atom is -0.492 e. The second-order valence-corrected chi connectivity index (χ2v) is 5.17. The van der Waals surface area contributed by atoms with Crippen LogP contribution >= 0.6 is 0 Å². The Bertz CT molecular complexity index is 433. The van der Waals surface area contributed by atoms with Crippen LogP contribution < -0.4 is 4.74 Å². The smallest absolute Gasteiger partial charge is 0.163 e. The van der Waals surface area contributed by atoms with Crippen LogP contribution in [0.5, 0.6) is 5.75 Å². The fraction of sp³-hybridized carbons (Fsp3) is 0.471. The Morgan fingerprint density at radius 1 is 1.25 bits per heavy atom. The minimum atomic E-state index is 0.161. The fourth-order valence-electron chi connectivity index (χ4n) is 2.41. The largest absolute Gasteiger partial charge is 0.492 e. The number of rotatable bonds is 8. The number of hydrogen-bond acceptors (Lipinski definition) is 3. The predicted molar refractivity (Wildman–Crippen MR) is 81.4 cm³/mol. The molecule has 0 bridgehead atoms. The highest BCUT2D eigenvalue weighted by Gasteiger charge is 2.10. The second kappa shape index (κ2) is 7.85. The summed E-state index contributed by atoms with van der Waals surface area (Å²) in [5, 5.41) is 0. The zero-order chi connectivity index (χ0) is 14.2. The van der Waals surface area contributed by atoms with E-state index in [-0.39, 0.29) is 5.78 Å². The van der Waals surface area contributed by atoms with Crippen LogP contribution in [0, 0.1) is 0 Å². The summed E-state index contributed by atoms with van der Waals surface area (Å²) in [4.78, 5) is 14.2. The van der Waals surface area contributed by atoms with Crippen molar-refractivity contribution in [3.63, 3.8) is 0 Å². The quantitative estimate of drug-likeness (QED) is 0.537. The molecule has 2 rings (SSSR count). The third-order valence-corrected chi connectivity index (χ3v) is 3.63. The molecule has 0 amide bonds. The first kappa shape index (κ1) is 14.8. The molecule has 1 aliphatic rings. The zero-order valence-corrected chi connectivity index (χ0v) is 12.0. The van der Waals surface area contributed by atoms with E-state index in [0.717, 1.165) is 24.3 Å². The van der Waals surface area contributed by atoms with Gasteiger partial charge < -0.3 is 4.74 Å². The Labute approximate surface area is 121 Å². The molecule has 3 nitrogen and oxygen atoms in total. The van der Waals surface area contributed by atoms with E-state index in [0.29, 0.717) is 13.0 Å². The summed E-state index contributed by atoms with van der Waals surface area (Å²) in [6, 6.07) is 7.45. The van der Waals surface area contributed by atoms with Gasteiger partial charge in [0.1, 0.15) is 12.4 Å². The van der Waals surface area contributed by atoms with E-state index in [1.165, 1.54) is 25.9 Å². The Kier molecular flexibility index (Phi) is 5.81. The molecule has 1 aliphatic heterocycles. The van der Waals surface area contributed by atoms with Gasteiger partial charge in [-0.25, -0.2) is 0 Å². The minimum absolute atomic E-state index is 0.161. The number of Topliss-reactive ketones (excluding diaryl/α,β-unsaturated/α-hetero) is 1. The molecule has 20 heavy (non-hydrogen) atoms. The first-order valence-electron chi connectivity index (χ1n) is 7.39. The van der Waals surface area contributed by atoms with Gasteiger partial charge in [0.05, 0.1) is 0 Å². The third-order valence-electron chi connectivity index (χ3n) is 3.63. The molecule has 0 saturated carbocycles. The molecular formula is C17H23NO2. The maximum atomic E-state index is 11.8. The summed E-state index contributed by atoms with van der Waals surface area (Å²) in [6.07, 6.45) is 5.64. The van der Waals surface area contributed by atoms with Crippen LogP contribution in [0.4, 0.5) is 0 Å². The molecule has 0 unspecified atom stereocenters. The molecule has 1 fully saturated rings. The van der Waals surface area contributed by atoms with Crippen molar-refractivity contribution >= 4 is 5.78 Å². The second-order valence-electron chi connectivity index (χ2n) is 5.17. The maximum absolute atomic E-state index is 11.8. The Balaban J connectivity index is 1.75. The number of hydrogen-bond donors (Lipinski definition) is 0. The molecule has 0 radical (unpaired) electrons. The summed E-state index contributed by atoms with van der Waals surface area (Å²) >= 11 is 0. The van der Waals surface area contributed by atoms with E-state index in [9.17, 15) is 4.79 Å². The van der Waals surface area contributed by atoms with Crippen molar-refractivity contribution in [2.24, 2.45) is 0 Å². The van der Waals surface area contributed by atoms with Gasteiger partial charge in [-0.3, -0.25) is 9.69 Å². The van der Waals surface area contributed by atoms with Crippen molar-refractivity contribution < 1.29 is 9.53 Å². The standard InChI is InChI=1S/C17H23NO2/c1-2-3-6-17(19)15-7-9-16(10-8-15)20-14-13-18-11-4-5-12-18/h2,7-10H,1,3-6,11-14H2. The van der Waals surface area contributed by atoms with Gasteiger partial charge in [0, 0.05) is 18.5 Å². The Morgan fingerprint density at radius 3 is 2.60 bits per heavy atom. The SMILES string of the molecule is C=CCCC(=O)c1ccc(OCCN2CCCC2)cc1. The summed E-state index contributed by atoms with van der Waals surface area (Å²) in [7, 11) is 0. The lowest BCUT2D eigenvalue weighted by atomic mass is 10.1. The number of carbonyl (C=O) groups excluding carboxylic acids is 1. The molecule has 3 heteroatoms. The van der Waals surface area contributed by atoms with Crippen molar-refractivity contribution in [2.45, 2.75) is 25.7 Å². The molecule has 0 aliphatic carbocycles. The average Bonchev–Trinajstić information content (AvgIpc) is 2.99. The highest BCUT2D eigenvalue weighted by molar-refractivity contribution is 5.96. The van der Waals surface area contributed by atoms with Crippen molar-refractivity contribution in [1.29, 1.82) is 0 Å². The van der Waals surface area contributed by atoms with Gasteiger partial charge >= 0.3 is 0 Å². The molecule has 0 spiro atoms. The van der Waals surface area contributed by atoms with Gasteiger partial charge in [0.25, 0.3) is 0 Å². The van der Waals surface area contributed by atoms with Gasteiger partial charge in [-0.05, 0) is 56.6 Å². The van der Waals surface area contributed by atoms with E-state index >= 15 is 0 Å². The number of allylic oxidation sites excluding steroid dienone is 1. The van der Waals surface area contributed by atoms with Gasteiger partial charge in [0.15, 0.2) is 5.78 Å². The van der Waals surface area contributed by atoms with E-state index in [1.807, 2.05) is 24.3 Å². The first-order valence-corrected chi connectivity index (χ1v) is 7.39. The lowest BCUT2D eigenvalue weighted by molar-refractivity contribution is 0.0983. The first-order chi connectivity index (χ1) is 9.79. The zero-order valence-electron chi connectivity index (χ0n) is 12.0. The van der Waals surface area contributed by atoms with E-state index < -0.39 is 0 Å². The Morgan fingerprint density at radius 2 is 1.95 bits per heavy atom. The van der Waals surface area contributed by atoms with Crippen LogP contribution in [-0.4, -0.2) is 36.9 Å². The molecule has 1 aromatic carbocycles. The number of likely N-dealkylation sites (tertiary alicyclic amines) is 1. The van der Waals surface area contributed by atoms with Gasteiger partial charge in [-0.1, -0.05) is 6.08 Å². The topological polar surface area (TPSA) is 29.5 Å². The van der Waals surface area contributed by atoms with Crippen molar-refractivity contribution in [3.05, 3.63) is 42.5 Å². The predicted octanol–water partition coefficient (Wildman–Crippen LogP) is 3.31. The molecule has 1 saturated heterocycles. The van der Waals surface area contributed by atoms with Crippen LogP contribution in [0.25, 0.3) is 0 Å². The number of ether oxygens (including phenoxy) is 1. The van der Waals surface area contributed by atoms with Crippen LogP contribution in [0.3, 0.4) is 0 Å². The highest BCUT2D eigenvalue weighted by Crippen LogP contribution is 2.14. The van der Waals surface area contributed by atoms with Crippen LogP contribution in [0.15, 0.2) is 36.9 Å². The number of carbonyl (C=O) groups is 1. The van der Waals surface area contributed by atoms with Crippen LogP contribution in [0.2, 0.25) is 0 Å². The highest BCUT2D eigenvalue weighted by atomic mass is 16.5. The van der Waals surface area contributed by atoms with Gasteiger partial charge in [-0.15, -0.1) is 6.58 Å². The molecule has 0 atom stereocenters. The Hall–Kier alpha value is -1.61. The van der Waals surface area contributed by atoms with Gasteiger partial charge in [-0.2, -0.15) is 0 Å². The number of ketones is 1. The van der Waals surface area contributed by atoms with Gasteiger partial charge in [0.2, 0.25) is 0 Å². The van der Waals surface area contributed by atoms with Crippen LogP contribution in [0.1, 0.15) is 36.0 Å². The summed E-state index contributed by atoms with van der Waals surface area (Å²) in [5.74, 6) is 0.998. The van der Waals surface area contributed by atoms with E-state index in [1.54, 1.807) is 6.08 Å². The molecule has 0 N–H and O–H groups in total. The number of benzene rings is 1. The molecule has 1 aromatic rings. The van der Waals surface area contributed by atoms with Crippen LogP contribution in [-0.2, 0) is 0 Å². The summed E-state index contributed by atoms with van der Waals surface area (Å²) in [6.45, 7) is 7.72. The van der Waals surface area contributed by atoms with Crippen molar-refractivity contribution in [1.82, 2.24) is 4.90 Å². The lowest BCUT2D eigenvalue weighted by Crippen LogP contribution is -2.25. The maximum Gasteiger partial charge on any atom is 0.163 e. The molecule has 0 aromatic heterocycles. The van der Waals surface area contributed by atoms with E-state index in [2.05, 4.69) is 11.5 Å². The van der Waals surface area contributed by atoms with Crippen molar-refractivity contribution in [2.75, 3.05) is 26.2 Å². The van der Waals surface area contributed by atoms with E-state index in [4.69, 9.17) is 4.74 Å².